The first kappa shape index (κ1) is 22.7. The Morgan fingerprint density at radius 1 is 0.771 bits per heavy atom. The number of amides is 2. The van der Waals surface area contributed by atoms with Gasteiger partial charge < -0.3 is 10.2 Å². The summed E-state index contributed by atoms with van der Waals surface area (Å²) in [6.07, 6.45) is 0.718. The molecule has 1 aliphatic rings. The van der Waals surface area contributed by atoms with Crippen molar-refractivity contribution in [3.63, 3.8) is 0 Å². The van der Waals surface area contributed by atoms with E-state index in [2.05, 4.69) is 5.32 Å². The summed E-state index contributed by atoms with van der Waals surface area (Å²) >= 11 is 0. The van der Waals surface area contributed by atoms with E-state index in [0.717, 1.165) is 17.5 Å². The SMILES string of the molecule is O=C(NCCc1ccccc1)c1ccc2c(c1)N(Cc1ccccc1)C(=O)c1ccccc1[S@@]2=O. The average molecular weight is 481 g/mol. The first-order chi connectivity index (χ1) is 17.1. The molecule has 2 amide bonds. The van der Waals surface area contributed by atoms with Gasteiger partial charge in [-0.15, -0.1) is 0 Å². The lowest BCUT2D eigenvalue weighted by Gasteiger charge is -2.23. The summed E-state index contributed by atoms with van der Waals surface area (Å²) in [5.41, 5.74) is 3.40. The molecule has 0 spiro atoms. The van der Waals surface area contributed by atoms with Gasteiger partial charge in [0.2, 0.25) is 0 Å². The van der Waals surface area contributed by atoms with E-state index >= 15 is 0 Å². The highest BCUT2D eigenvalue weighted by Crippen LogP contribution is 2.36. The molecule has 5 nitrogen and oxygen atoms in total. The van der Waals surface area contributed by atoms with Gasteiger partial charge in [-0.1, -0.05) is 72.8 Å². The Hall–Kier alpha value is -4.03. The molecule has 1 aliphatic heterocycles. The fourth-order valence-corrected chi connectivity index (χ4v) is 5.54. The fraction of sp³-hybridized carbons (Fsp3) is 0.103. The molecule has 0 radical (unpaired) electrons. The minimum absolute atomic E-state index is 0.233. The minimum atomic E-state index is -1.55. The van der Waals surface area contributed by atoms with E-state index in [1.165, 1.54) is 0 Å². The molecule has 4 aromatic rings. The van der Waals surface area contributed by atoms with Gasteiger partial charge in [0.05, 0.1) is 38.4 Å². The Bertz CT molecular complexity index is 1400. The van der Waals surface area contributed by atoms with Gasteiger partial charge in [-0.2, -0.15) is 0 Å². The molecule has 6 heteroatoms. The molecule has 5 rings (SSSR count). The number of carbonyl (C=O) groups excluding carboxylic acids is 2. The highest BCUT2D eigenvalue weighted by atomic mass is 32.2. The van der Waals surface area contributed by atoms with E-state index in [-0.39, 0.29) is 11.8 Å². The smallest absolute Gasteiger partial charge is 0.259 e. The third-order valence-corrected chi connectivity index (χ3v) is 7.50. The van der Waals surface area contributed by atoms with E-state index in [1.54, 1.807) is 47.4 Å². The zero-order valence-corrected chi connectivity index (χ0v) is 19.8. The second-order valence-corrected chi connectivity index (χ2v) is 9.73. The van der Waals surface area contributed by atoms with Crippen molar-refractivity contribution in [1.29, 1.82) is 0 Å². The molecule has 0 unspecified atom stereocenters. The van der Waals surface area contributed by atoms with Crippen LogP contribution in [0.4, 0.5) is 5.69 Å². The molecular weight excluding hydrogens is 456 g/mol. The maximum atomic E-state index is 13.7. The molecule has 0 fully saturated rings. The van der Waals surface area contributed by atoms with Gasteiger partial charge in [0, 0.05) is 12.1 Å². The van der Waals surface area contributed by atoms with E-state index in [4.69, 9.17) is 0 Å². The molecule has 0 aromatic heterocycles. The predicted molar refractivity (Wildman–Crippen MR) is 137 cm³/mol. The van der Waals surface area contributed by atoms with Crippen molar-refractivity contribution in [2.75, 3.05) is 11.4 Å². The normalized spacial score (nSPS) is 14.6. The van der Waals surface area contributed by atoms with Crippen molar-refractivity contribution < 1.29 is 13.8 Å². The Labute approximate surface area is 206 Å². The van der Waals surface area contributed by atoms with Gasteiger partial charge in [-0.3, -0.25) is 9.59 Å². The molecule has 1 heterocycles. The topological polar surface area (TPSA) is 66.5 Å². The van der Waals surface area contributed by atoms with Gasteiger partial charge in [-0.25, -0.2) is 4.21 Å². The second-order valence-electron chi connectivity index (χ2n) is 8.32. The highest BCUT2D eigenvalue weighted by Gasteiger charge is 2.31. The first-order valence-electron chi connectivity index (χ1n) is 11.4. The van der Waals surface area contributed by atoms with Crippen LogP contribution in [0.15, 0.2) is 113 Å². The number of rotatable bonds is 6. The summed E-state index contributed by atoms with van der Waals surface area (Å²) < 4.78 is 13.5. The van der Waals surface area contributed by atoms with Crippen LogP contribution in [0.5, 0.6) is 0 Å². The number of fused-ring (bicyclic) bond motifs is 2. The van der Waals surface area contributed by atoms with Gasteiger partial charge in [0.15, 0.2) is 0 Å². The minimum Gasteiger partial charge on any atom is -0.352 e. The quantitative estimate of drug-likeness (QED) is 0.423. The molecule has 1 atom stereocenters. The summed E-state index contributed by atoms with van der Waals surface area (Å²) in [6.45, 7) is 0.793. The third-order valence-electron chi connectivity index (χ3n) is 6.00. The van der Waals surface area contributed by atoms with Gasteiger partial charge in [0.1, 0.15) is 0 Å². The van der Waals surface area contributed by atoms with E-state index in [9.17, 15) is 13.8 Å². The number of nitrogens with one attached hydrogen (secondary N) is 1. The van der Waals surface area contributed by atoms with Crippen molar-refractivity contribution in [3.8, 4) is 0 Å². The summed E-state index contributed by atoms with van der Waals surface area (Å²) in [6, 6.07) is 31.6. The Morgan fingerprint density at radius 3 is 2.17 bits per heavy atom. The molecule has 0 aliphatic carbocycles. The fourth-order valence-electron chi connectivity index (χ4n) is 4.19. The van der Waals surface area contributed by atoms with E-state index < -0.39 is 10.8 Å². The van der Waals surface area contributed by atoms with Crippen LogP contribution in [0.1, 0.15) is 31.8 Å². The average Bonchev–Trinajstić information content (AvgIpc) is 2.99. The van der Waals surface area contributed by atoms with Crippen LogP contribution >= 0.6 is 0 Å². The predicted octanol–water partition coefficient (Wildman–Crippen LogP) is 4.99. The summed E-state index contributed by atoms with van der Waals surface area (Å²) in [4.78, 5) is 29.2. The highest BCUT2D eigenvalue weighted by molar-refractivity contribution is 7.85. The molecule has 0 saturated heterocycles. The molecular formula is C29H24N2O3S. The maximum Gasteiger partial charge on any atom is 0.259 e. The zero-order valence-electron chi connectivity index (χ0n) is 19.0. The van der Waals surface area contributed by atoms with E-state index in [0.29, 0.717) is 39.7 Å². The number of hydrogen-bond donors (Lipinski definition) is 1. The van der Waals surface area contributed by atoms with Crippen molar-refractivity contribution in [3.05, 3.63) is 125 Å². The number of nitrogens with zero attached hydrogens (tertiary/aromatic N) is 1. The molecule has 1 N–H and O–H groups in total. The van der Waals surface area contributed by atoms with Crippen molar-refractivity contribution in [2.45, 2.75) is 22.8 Å². The molecule has 4 aromatic carbocycles. The van der Waals surface area contributed by atoms with E-state index in [1.807, 2.05) is 60.7 Å². The largest absolute Gasteiger partial charge is 0.352 e. The third kappa shape index (κ3) is 4.79. The molecule has 174 valence electrons. The number of hydrogen-bond acceptors (Lipinski definition) is 3. The number of carbonyl (C=O) groups is 2. The lowest BCUT2D eigenvalue weighted by Crippen LogP contribution is -2.31. The van der Waals surface area contributed by atoms with Crippen LogP contribution in [0.3, 0.4) is 0 Å². The van der Waals surface area contributed by atoms with Gasteiger partial charge in [-0.05, 0) is 47.9 Å². The second kappa shape index (κ2) is 10.1. The molecule has 0 bridgehead atoms. The molecule has 35 heavy (non-hydrogen) atoms. The summed E-state index contributed by atoms with van der Waals surface area (Å²) in [7, 11) is -1.55. The van der Waals surface area contributed by atoms with Crippen molar-refractivity contribution >= 4 is 28.3 Å². The number of anilines is 1. The monoisotopic (exact) mass is 480 g/mol. The van der Waals surface area contributed by atoms with Crippen LogP contribution in [0.2, 0.25) is 0 Å². The Kier molecular flexibility index (Phi) is 6.55. The molecule has 0 saturated carbocycles. The Balaban J connectivity index is 1.48. The lowest BCUT2D eigenvalue weighted by molar-refractivity contribution is 0.0950. The van der Waals surface area contributed by atoms with Gasteiger partial charge >= 0.3 is 0 Å². The lowest BCUT2D eigenvalue weighted by atomic mass is 10.1. The van der Waals surface area contributed by atoms with Crippen molar-refractivity contribution in [2.24, 2.45) is 0 Å². The van der Waals surface area contributed by atoms with Crippen LogP contribution in [0.25, 0.3) is 0 Å². The standard InChI is InChI=1S/C29H24N2O3S/c32-28(30-18-17-21-9-3-1-4-10-21)23-15-16-27-25(19-23)31(20-22-11-5-2-6-12-22)29(33)24-13-7-8-14-26(24)35(27)34/h1-16,19H,17-18,20H2,(H,30,32)/t35-/m0/s1. The van der Waals surface area contributed by atoms with Crippen LogP contribution in [-0.4, -0.2) is 22.6 Å². The van der Waals surface area contributed by atoms with Crippen molar-refractivity contribution in [1.82, 2.24) is 5.32 Å². The zero-order chi connectivity index (χ0) is 24.2. The van der Waals surface area contributed by atoms with Crippen LogP contribution in [-0.2, 0) is 23.8 Å². The van der Waals surface area contributed by atoms with Crippen LogP contribution in [0, 0.1) is 0 Å². The maximum absolute atomic E-state index is 13.7. The first-order valence-corrected chi connectivity index (χ1v) is 12.6. The van der Waals surface area contributed by atoms with Crippen LogP contribution < -0.4 is 10.2 Å². The Morgan fingerprint density at radius 2 is 1.43 bits per heavy atom. The summed E-state index contributed by atoms with van der Waals surface area (Å²) in [5.74, 6) is -0.471. The van der Waals surface area contributed by atoms with Gasteiger partial charge in [0.25, 0.3) is 11.8 Å². The number of benzene rings is 4. The summed E-state index contributed by atoms with van der Waals surface area (Å²) in [5, 5.41) is 2.96.